The zero-order valence-corrected chi connectivity index (χ0v) is 18.7. The van der Waals surface area contributed by atoms with Gasteiger partial charge in [-0.15, -0.1) is 0 Å². The Bertz CT molecular complexity index is 993. The highest BCUT2D eigenvalue weighted by atomic mass is 35.5. The fraction of sp³-hybridized carbons (Fsp3) is 0.500. The highest BCUT2D eigenvalue weighted by molar-refractivity contribution is 7.90. The third-order valence-corrected chi connectivity index (χ3v) is 7.06. The average molecular weight is 439 g/mol. The van der Waals surface area contributed by atoms with Crippen molar-refractivity contribution < 1.29 is 13.2 Å². The van der Waals surface area contributed by atoms with Crippen LogP contribution in [-0.2, 0) is 14.6 Å². The van der Waals surface area contributed by atoms with E-state index in [2.05, 4.69) is 21.8 Å². The van der Waals surface area contributed by atoms with Gasteiger partial charge in [0, 0.05) is 24.6 Å². The van der Waals surface area contributed by atoms with Crippen LogP contribution >= 0.6 is 11.6 Å². The first-order valence-electron chi connectivity index (χ1n) is 9.56. The number of ether oxygens (including phenoxy) is 1. The SMILES string of the molecule is CCC1COCC(c2ccc(S(C)(=O)=O)c(C)c2Cl)N(c2cc(C)nc(N)n2)C1. The molecule has 2 aromatic rings. The maximum absolute atomic E-state index is 12.1. The Kier molecular flexibility index (Phi) is 6.36. The maximum atomic E-state index is 12.1. The van der Waals surface area contributed by atoms with Crippen LogP contribution in [0.25, 0.3) is 0 Å². The van der Waals surface area contributed by atoms with Crippen LogP contribution in [0.2, 0.25) is 5.02 Å². The van der Waals surface area contributed by atoms with Crippen LogP contribution in [0.5, 0.6) is 0 Å². The lowest BCUT2D eigenvalue weighted by Crippen LogP contribution is -2.34. The Hall–Kier alpha value is -1.90. The van der Waals surface area contributed by atoms with E-state index >= 15 is 0 Å². The first kappa shape index (κ1) is 21.8. The molecule has 1 aromatic heterocycles. The molecular weight excluding hydrogens is 412 g/mol. The molecule has 0 bridgehead atoms. The molecule has 7 nitrogen and oxygen atoms in total. The molecule has 2 atom stereocenters. The van der Waals surface area contributed by atoms with E-state index < -0.39 is 9.84 Å². The summed E-state index contributed by atoms with van der Waals surface area (Å²) in [6, 6.07) is 5.06. The highest BCUT2D eigenvalue weighted by Gasteiger charge is 2.31. The van der Waals surface area contributed by atoms with Gasteiger partial charge in [0.25, 0.3) is 0 Å². The predicted octanol–water partition coefficient (Wildman–Crippen LogP) is 3.34. The van der Waals surface area contributed by atoms with Gasteiger partial charge in [0.05, 0.1) is 29.2 Å². The predicted molar refractivity (Wildman–Crippen MR) is 115 cm³/mol. The lowest BCUT2D eigenvalue weighted by molar-refractivity contribution is 0.109. The molecule has 1 aromatic carbocycles. The molecule has 29 heavy (non-hydrogen) atoms. The number of nitrogen functional groups attached to an aromatic ring is 1. The number of aryl methyl sites for hydroxylation is 1. The summed E-state index contributed by atoms with van der Waals surface area (Å²) in [6.45, 7) is 7.51. The van der Waals surface area contributed by atoms with Gasteiger partial charge >= 0.3 is 0 Å². The number of benzene rings is 1. The first-order valence-corrected chi connectivity index (χ1v) is 11.8. The van der Waals surface area contributed by atoms with E-state index in [1.807, 2.05) is 13.0 Å². The fourth-order valence-corrected chi connectivity index (χ4v) is 5.04. The molecule has 1 aliphatic rings. The van der Waals surface area contributed by atoms with E-state index in [1.165, 1.54) is 6.26 Å². The minimum Gasteiger partial charge on any atom is -0.379 e. The van der Waals surface area contributed by atoms with Gasteiger partial charge in [-0.3, -0.25) is 0 Å². The van der Waals surface area contributed by atoms with Crippen molar-refractivity contribution in [2.75, 3.05) is 36.6 Å². The molecule has 9 heteroatoms. The van der Waals surface area contributed by atoms with Gasteiger partial charge in [-0.1, -0.05) is 24.6 Å². The molecule has 2 heterocycles. The summed E-state index contributed by atoms with van der Waals surface area (Å²) in [7, 11) is -3.37. The minimum absolute atomic E-state index is 0.215. The van der Waals surface area contributed by atoms with E-state index in [-0.39, 0.29) is 16.9 Å². The number of hydrogen-bond acceptors (Lipinski definition) is 7. The number of anilines is 2. The van der Waals surface area contributed by atoms with Crippen molar-refractivity contribution in [2.24, 2.45) is 5.92 Å². The molecule has 1 saturated heterocycles. The van der Waals surface area contributed by atoms with E-state index in [4.69, 9.17) is 22.1 Å². The minimum atomic E-state index is -3.37. The molecule has 1 fully saturated rings. The van der Waals surface area contributed by atoms with E-state index in [0.717, 1.165) is 24.2 Å². The summed E-state index contributed by atoms with van der Waals surface area (Å²) in [5.74, 6) is 1.25. The molecule has 158 valence electrons. The van der Waals surface area contributed by atoms with Crippen molar-refractivity contribution >= 4 is 33.2 Å². The van der Waals surface area contributed by atoms with Crippen molar-refractivity contribution in [1.82, 2.24) is 9.97 Å². The lowest BCUT2D eigenvalue weighted by Gasteiger charge is -2.33. The van der Waals surface area contributed by atoms with Gasteiger partial charge in [-0.25, -0.2) is 13.4 Å². The van der Waals surface area contributed by atoms with Crippen LogP contribution in [0.4, 0.5) is 11.8 Å². The van der Waals surface area contributed by atoms with Crippen molar-refractivity contribution in [3.8, 4) is 0 Å². The number of halogens is 1. The Morgan fingerprint density at radius 1 is 1.28 bits per heavy atom. The van der Waals surface area contributed by atoms with E-state index in [1.54, 1.807) is 19.1 Å². The third kappa shape index (κ3) is 4.65. The number of nitrogens with zero attached hydrogens (tertiary/aromatic N) is 3. The Morgan fingerprint density at radius 3 is 2.62 bits per heavy atom. The Morgan fingerprint density at radius 2 is 2.00 bits per heavy atom. The quantitative estimate of drug-likeness (QED) is 0.781. The summed E-state index contributed by atoms with van der Waals surface area (Å²) in [5.41, 5.74) is 8.03. The van der Waals surface area contributed by atoms with Crippen LogP contribution in [0.3, 0.4) is 0 Å². The van der Waals surface area contributed by atoms with Crippen molar-refractivity contribution in [2.45, 2.75) is 38.1 Å². The van der Waals surface area contributed by atoms with Crippen LogP contribution in [-0.4, -0.2) is 44.4 Å². The monoisotopic (exact) mass is 438 g/mol. The van der Waals surface area contributed by atoms with Gasteiger partial charge < -0.3 is 15.4 Å². The largest absolute Gasteiger partial charge is 0.379 e. The maximum Gasteiger partial charge on any atom is 0.222 e. The zero-order valence-electron chi connectivity index (χ0n) is 17.1. The van der Waals surface area contributed by atoms with Crippen LogP contribution < -0.4 is 10.6 Å². The van der Waals surface area contributed by atoms with Gasteiger partial charge in [-0.05, 0) is 43.4 Å². The molecule has 0 radical (unpaired) electrons. The smallest absolute Gasteiger partial charge is 0.222 e. The normalized spacial score (nSPS) is 20.5. The summed E-state index contributed by atoms with van der Waals surface area (Å²) < 4.78 is 30.1. The van der Waals surface area contributed by atoms with Crippen LogP contribution in [0.15, 0.2) is 23.1 Å². The molecule has 0 spiro atoms. The molecule has 1 aliphatic heterocycles. The second kappa shape index (κ2) is 8.45. The van der Waals surface area contributed by atoms with Gasteiger partial charge in [0.1, 0.15) is 5.82 Å². The number of rotatable bonds is 4. The fourth-order valence-electron chi connectivity index (χ4n) is 3.72. The van der Waals surface area contributed by atoms with Crippen LogP contribution in [0, 0.1) is 19.8 Å². The average Bonchev–Trinajstić information content (AvgIpc) is 2.84. The molecule has 2 unspecified atom stereocenters. The summed E-state index contributed by atoms with van der Waals surface area (Å²) >= 11 is 6.67. The molecule has 0 aliphatic carbocycles. The zero-order chi connectivity index (χ0) is 21.3. The summed E-state index contributed by atoms with van der Waals surface area (Å²) in [5, 5.41) is 0.431. The third-order valence-electron chi connectivity index (χ3n) is 5.32. The number of nitrogens with two attached hydrogens (primary N) is 1. The Balaban J connectivity index is 2.13. The molecule has 2 N–H and O–H groups in total. The van der Waals surface area contributed by atoms with Crippen LogP contribution in [0.1, 0.15) is 36.2 Å². The van der Waals surface area contributed by atoms with Crippen molar-refractivity contribution in [1.29, 1.82) is 0 Å². The number of aromatic nitrogens is 2. The second-order valence-electron chi connectivity index (χ2n) is 7.57. The number of hydrogen-bond donors (Lipinski definition) is 1. The molecule has 0 amide bonds. The molecular formula is C20H27ClN4O3S. The summed E-state index contributed by atoms with van der Waals surface area (Å²) in [4.78, 5) is 11.0. The first-order chi connectivity index (χ1) is 13.6. The van der Waals surface area contributed by atoms with Gasteiger partial charge in [0.15, 0.2) is 9.84 Å². The second-order valence-corrected chi connectivity index (χ2v) is 9.93. The lowest BCUT2D eigenvalue weighted by atomic mass is 10.0. The van der Waals surface area contributed by atoms with Crippen molar-refractivity contribution in [3.63, 3.8) is 0 Å². The van der Waals surface area contributed by atoms with E-state index in [9.17, 15) is 8.42 Å². The molecule has 3 rings (SSSR count). The summed E-state index contributed by atoms with van der Waals surface area (Å²) in [6.07, 6.45) is 2.15. The topological polar surface area (TPSA) is 98.4 Å². The van der Waals surface area contributed by atoms with E-state index in [0.29, 0.717) is 35.5 Å². The molecule has 0 saturated carbocycles. The standard InChI is InChI=1S/C20H27ClN4O3S/c1-5-14-9-25(18-8-12(2)23-20(22)24-18)16(11-28-10-14)15-6-7-17(29(4,26)27)13(3)19(15)21/h6-8,14,16H,5,9-11H2,1-4H3,(H2,22,23,24). The van der Waals surface area contributed by atoms with Gasteiger partial charge in [0.2, 0.25) is 5.95 Å². The van der Waals surface area contributed by atoms with Gasteiger partial charge in [-0.2, -0.15) is 4.98 Å². The van der Waals surface area contributed by atoms with Crippen molar-refractivity contribution in [3.05, 3.63) is 40.0 Å². The number of sulfone groups is 1. The Labute approximate surface area is 177 Å². The highest BCUT2D eigenvalue weighted by Crippen LogP contribution is 2.37.